The van der Waals surface area contributed by atoms with Crippen molar-refractivity contribution in [3.63, 3.8) is 0 Å². The van der Waals surface area contributed by atoms with E-state index >= 15 is 0 Å². The van der Waals surface area contributed by atoms with Crippen LogP contribution in [0.25, 0.3) is 0 Å². The van der Waals surface area contributed by atoms with Gasteiger partial charge in [0.15, 0.2) is 11.5 Å². The molecule has 1 unspecified atom stereocenters. The molecule has 0 spiro atoms. The van der Waals surface area contributed by atoms with E-state index in [1.165, 1.54) is 26.9 Å². The molecule has 0 aliphatic heterocycles. The summed E-state index contributed by atoms with van der Waals surface area (Å²) in [6.07, 6.45) is 3.47. The third kappa shape index (κ3) is 4.38. The van der Waals surface area contributed by atoms with Crippen molar-refractivity contribution in [2.45, 2.75) is 19.9 Å². The highest BCUT2D eigenvalue weighted by Crippen LogP contribution is 2.38. The molecule has 0 aliphatic carbocycles. The van der Waals surface area contributed by atoms with E-state index < -0.39 is 0 Å². The molecule has 0 fully saturated rings. The lowest BCUT2D eigenvalue weighted by Crippen LogP contribution is -2.29. The topological polar surface area (TPSA) is 69.7 Å². The highest BCUT2D eigenvalue weighted by molar-refractivity contribution is 5.96. The van der Waals surface area contributed by atoms with Crippen LogP contribution in [0.2, 0.25) is 0 Å². The largest absolute Gasteiger partial charge is 0.493 e. The summed E-state index contributed by atoms with van der Waals surface area (Å²) in [5.74, 6) is 1.02. The fraction of sp³-hybridized carbons (Fsp3) is 0.250. The van der Waals surface area contributed by atoms with Crippen LogP contribution in [0.15, 0.2) is 54.9 Å². The number of carbonyl (C=O) groups is 1. The van der Waals surface area contributed by atoms with Gasteiger partial charge in [-0.2, -0.15) is 0 Å². The summed E-state index contributed by atoms with van der Waals surface area (Å²) in [7, 11) is 4.57. The molecule has 30 heavy (non-hydrogen) atoms. The Morgan fingerprint density at radius 2 is 1.60 bits per heavy atom. The van der Waals surface area contributed by atoms with Gasteiger partial charge in [0.1, 0.15) is 0 Å². The highest BCUT2D eigenvalue weighted by Gasteiger charge is 2.22. The molecule has 3 rings (SSSR count). The summed E-state index contributed by atoms with van der Waals surface area (Å²) in [6, 6.07) is 12.9. The number of amides is 1. The lowest BCUT2D eigenvalue weighted by molar-refractivity contribution is 0.0942. The van der Waals surface area contributed by atoms with Gasteiger partial charge in [-0.25, -0.2) is 0 Å². The molecule has 0 saturated carbocycles. The number of rotatable bonds is 7. The number of pyridine rings is 1. The molecule has 1 amide bonds. The SMILES string of the molecule is COc1cc(C(=O)NC(c2cccnc2)c2ccc(C)c(C)c2)cc(OC)c1OC. The number of methoxy groups -OCH3 is 3. The van der Waals surface area contributed by atoms with E-state index in [-0.39, 0.29) is 11.9 Å². The maximum atomic E-state index is 13.2. The second-order valence-corrected chi connectivity index (χ2v) is 6.95. The van der Waals surface area contributed by atoms with Gasteiger partial charge in [0.05, 0.1) is 27.4 Å². The first-order valence-corrected chi connectivity index (χ1v) is 9.56. The highest BCUT2D eigenvalue weighted by atomic mass is 16.5. The summed E-state index contributed by atoms with van der Waals surface area (Å²) in [6.45, 7) is 4.12. The van der Waals surface area contributed by atoms with Crippen LogP contribution >= 0.6 is 0 Å². The van der Waals surface area contributed by atoms with Gasteiger partial charge in [-0.05, 0) is 54.3 Å². The van der Waals surface area contributed by atoms with E-state index in [0.29, 0.717) is 22.8 Å². The Balaban J connectivity index is 2.01. The zero-order chi connectivity index (χ0) is 21.7. The van der Waals surface area contributed by atoms with E-state index in [9.17, 15) is 4.79 Å². The molecule has 1 aromatic heterocycles. The van der Waals surface area contributed by atoms with E-state index in [1.54, 1.807) is 24.5 Å². The maximum absolute atomic E-state index is 13.2. The number of aryl methyl sites for hydroxylation is 2. The molecule has 1 atom stereocenters. The van der Waals surface area contributed by atoms with Crippen molar-refractivity contribution >= 4 is 5.91 Å². The minimum Gasteiger partial charge on any atom is -0.493 e. The number of hydrogen-bond donors (Lipinski definition) is 1. The van der Waals surface area contributed by atoms with Crippen LogP contribution in [-0.4, -0.2) is 32.2 Å². The Morgan fingerprint density at radius 1 is 0.900 bits per heavy atom. The molecule has 0 aliphatic rings. The van der Waals surface area contributed by atoms with Crippen LogP contribution in [0.4, 0.5) is 0 Å². The second-order valence-electron chi connectivity index (χ2n) is 6.95. The molecule has 156 valence electrons. The lowest BCUT2D eigenvalue weighted by atomic mass is 9.96. The molecule has 6 nitrogen and oxygen atoms in total. The zero-order valence-corrected chi connectivity index (χ0v) is 17.9. The van der Waals surface area contributed by atoms with Gasteiger partial charge in [-0.1, -0.05) is 24.3 Å². The molecule has 0 bridgehead atoms. The fourth-order valence-corrected chi connectivity index (χ4v) is 3.28. The number of ether oxygens (including phenoxy) is 3. The quantitative estimate of drug-likeness (QED) is 0.635. The summed E-state index contributed by atoms with van der Waals surface area (Å²) in [5.41, 5.74) is 4.62. The van der Waals surface area contributed by atoms with Crippen molar-refractivity contribution in [1.82, 2.24) is 10.3 Å². The predicted octanol–water partition coefficient (Wildman–Crippen LogP) is 4.24. The molecule has 0 saturated heterocycles. The van der Waals surface area contributed by atoms with Crippen LogP contribution in [0.1, 0.15) is 38.7 Å². The Kier molecular flexibility index (Phi) is 6.57. The van der Waals surface area contributed by atoms with Crippen molar-refractivity contribution in [2.24, 2.45) is 0 Å². The van der Waals surface area contributed by atoms with Crippen molar-refractivity contribution < 1.29 is 19.0 Å². The van der Waals surface area contributed by atoms with Crippen LogP contribution in [-0.2, 0) is 0 Å². The molecule has 1 heterocycles. The van der Waals surface area contributed by atoms with Gasteiger partial charge < -0.3 is 19.5 Å². The Hall–Kier alpha value is -3.54. The standard InChI is InChI=1S/C24H26N2O4/c1-15-8-9-17(11-16(15)2)22(18-7-6-10-25-14-18)26-24(27)19-12-20(28-3)23(30-5)21(13-19)29-4/h6-14,22H,1-5H3,(H,26,27). The number of nitrogens with zero attached hydrogens (tertiary/aromatic N) is 1. The molecule has 6 heteroatoms. The minimum absolute atomic E-state index is 0.263. The Morgan fingerprint density at radius 3 is 2.13 bits per heavy atom. The van der Waals surface area contributed by atoms with Gasteiger partial charge in [0, 0.05) is 18.0 Å². The van der Waals surface area contributed by atoms with E-state index in [0.717, 1.165) is 16.7 Å². The first kappa shape index (κ1) is 21.2. The first-order valence-electron chi connectivity index (χ1n) is 9.56. The number of hydrogen-bond acceptors (Lipinski definition) is 5. The summed E-state index contributed by atoms with van der Waals surface area (Å²) in [4.78, 5) is 17.4. The number of carbonyl (C=O) groups excluding carboxylic acids is 1. The van der Waals surface area contributed by atoms with Crippen LogP contribution in [0.3, 0.4) is 0 Å². The Bertz CT molecular complexity index is 1010. The molecule has 2 aromatic carbocycles. The van der Waals surface area contributed by atoms with Gasteiger partial charge in [-0.15, -0.1) is 0 Å². The van der Waals surface area contributed by atoms with E-state index in [2.05, 4.69) is 36.3 Å². The van der Waals surface area contributed by atoms with Crippen LogP contribution in [0.5, 0.6) is 17.2 Å². The second kappa shape index (κ2) is 9.31. The van der Waals surface area contributed by atoms with Crippen LogP contribution < -0.4 is 19.5 Å². The third-order valence-electron chi connectivity index (χ3n) is 5.08. The average Bonchev–Trinajstić information content (AvgIpc) is 2.78. The third-order valence-corrected chi connectivity index (χ3v) is 5.08. The van der Waals surface area contributed by atoms with Crippen molar-refractivity contribution in [2.75, 3.05) is 21.3 Å². The normalized spacial score (nSPS) is 11.5. The molecular weight excluding hydrogens is 380 g/mol. The van der Waals surface area contributed by atoms with Gasteiger partial charge in [0.25, 0.3) is 5.91 Å². The molecule has 3 aromatic rings. The smallest absolute Gasteiger partial charge is 0.252 e. The number of benzene rings is 2. The minimum atomic E-state index is -0.357. The summed E-state index contributed by atoms with van der Waals surface area (Å²) >= 11 is 0. The van der Waals surface area contributed by atoms with E-state index in [1.807, 2.05) is 18.2 Å². The Labute approximate surface area is 176 Å². The number of nitrogens with one attached hydrogen (secondary N) is 1. The molecular formula is C24H26N2O4. The lowest BCUT2D eigenvalue weighted by Gasteiger charge is -2.21. The van der Waals surface area contributed by atoms with Gasteiger partial charge in [-0.3, -0.25) is 9.78 Å². The molecule has 1 N–H and O–H groups in total. The predicted molar refractivity (Wildman–Crippen MR) is 116 cm³/mol. The zero-order valence-electron chi connectivity index (χ0n) is 17.9. The van der Waals surface area contributed by atoms with Crippen molar-refractivity contribution in [1.29, 1.82) is 0 Å². The van der Waals surface area contributed by atoms with E-state index in [4.69, 9.17) is 14.2 Å². The average molecular weight is 406 g/mol. The number of aromatic nitrogens is 1. The van der Waals surface area contributed by atoms with Gasteiger partial charge in [0.2, 0.25) is 5.75 Å². The van der Waals surface area contributed by atoms with Crippen molar-refractivity contribution in [3.8, 4) is 17.2 Å². The summed E-state index contributed by atoms with van der Waals surface area (Å²) < 4.78 is 16.1. The van der Waals surface area contributed by atoms with Crippen molar-refractivity contribution in [3.05, 3.63) is 82.7 Å². The van der Waals surface area contributed by atoms with Gasteiger partial charge >= 0.3 is 0 Å². The summed E-state index contributed by atoms with van der Waals surface area (Å²) in [5, 5.41) is 3.12. The monoisotopic (exact) mass is 406 g/mol. The fourth-order valence-electron chi connectivity index (χ4n) is 3.28. The molecule has 0 radical (unpaired) electrons. The maximum Gasteiger partial charge on any atom is 0.252 e. The van der Waals surface area contributed by atoms with Crippen LogP contribution in [0, 0.1) is 13.8 Å². The first-order chi connectivity index (χ1) is 14.5.